The van der Waals surface area contributed by atoms with Crippen LogP contribution in [0.3, 0.4) is 0 Å². The molecule has 24 heavy (non-hydrogen) atoms. The number of carbonyl (C=O) groups is 1. The number of nitrogens with one attached hydrogen (secondary N) is 1. The minimum Gasteiger partial charge on any atom is -0.326 e. The zero-order valence-corrected chi connectivity index (χ0v) is 15.8. The van der Waals surface area contributed by atoms with Crippen LogP contribution in [0.4, 0.5) is 5.69 Å². The fourth-order valence-electron chi connectivity index (χ4n) is 3.29. The fraction of sp³-hybridized carbons (Fsp3) is 0.611. The number of sulfonamides is 1. The lowest BCUT2D eigenvalue weighted by Gasteiger charge is -2.37. The Kier molecular flexibility index (Phi) is 6.04. The molecule has 2 unspecified atom stereocenters. The van der Waals surface area contributed by atoms with E-state index < -0.39 is 10.0 Å². The molecule has 1 amide bonds. The zero-order chi connectivity index (χ0) is 17.9. The molecule has 0 radical (unpaired) electrons. The van der Waals surface area contributed by atoms with Gasteiger partial charge < -0.3 is 5.32 Å². The van der Waals surface area contributed by atoms with Crippen LogP contribution >= 0.6 is 0 Å². The maximum Gasteiger partial charge on any atom is 0.243 e. The highest BCUT2D eigenvalue weighted by Gasteiger charge is 2.35. The van der Waals surface area contributed by atoms with Crippen molar-refractivity contribution in [1.29, 1.82) is 0 Å². The number of hydrogen-bond acceptors (Lipinski definition) is 3. The molecule has 134 valence electrons. The number of benzene rings is 1. The van der Waals surface area contributed by atoms with Gasteiger partial charge in [0.1, 0.15) is 0 Å². The summed E-state index contributed by atoms with van der Waals surface area (Å²) in [6.45, 7) is 7.90. The van der Waals surface area contributed by atoms with Crippen LogP contribution in [0, 0.1) is 5.92 Å². The minimum atomic E-state index is -3.50. The fourth-order valence-corrected chi connectivity index (χ4v) is 5.17. The molecule has 0 aromatic heterocycles. The first-order valence-corrected chi connectivity index (χ1v) is 10.1. The van der Waals surface area contributed by atoms with Crippen LogP contribution in [0.5, 0.6) is 0 Å². The van der Waals surface area contributed by atoms with Crippen molar-refractivity contribution in [2.75, 3.05) is 5.32 Å². The average molecular weight is 353 g/mol. The molecule has 6 heteroatoms. The smallest absolute Gasteiger partial charge is 0.243 e. The van der Waals surface area contributed by atoms with Gasteiger partial charge in [0.05, 0.1) is 4.90 Å². The summed E-state index contributed by atoms with van der Waals surface area (Å²) in [5.41, 5.74) is 0.624. The Bertz CT molecular complexity index is 658. The number of nitrogens with zero attached hydrogens (tertiary/aromatic N) is 1. The topological polar surface area (TPSA) is 66.5 Å². The lowest BCUT2D eigenvalue weighted by Crippen LogP contribution is -2.47. The summed E-state index contributed by atoms with van der Waals surface area (Å²) >= 11 is 0. The van der Waals surface area contributed by atoms with Crippen molar-refractivity contribution < 1.29 is 13.2 Å². The van der Waals surface area contributed by atoms with E-state index in [4.69, 9.17) is 0 Å². The molecular formula is C18H28N2O3S. The van der Waals surface area contributed by atoms with Gasteiger partial charge >= 0.3 is 0 Å². The zero-order valence-electron chi connectivity index (χ0n) is 15.0. The number of rotatable bonds is 5. The molecule has 2 rings (SSSR count). The summed E-state index contributed by atoms with van der Waals surface area (Å²) in [7, 11) is -3.50. The Morgan fingerprint density at radius 1 is 1.17 bits per heavy atom. The Morgan fingerprint density at radius 2 is 1.71 bits per heavy atom. The summed E-state index contributed by atoms with van der Waals surface area (Å²) < 4.78 is 27.5. The summed E-state index contributed by atoms with van der Waals surface area (Å²) in [6, 6.07) is 6.51. The standard InChI is InChI=1S/C18H28N2O3S/c1-13(2)12-18(21)19-16-8-10-17(11-9-16)24(22,23)20-14(3)6-5-7-15(20)4/h8-11,13-15H,5-7,12H2,1-4H3,(H,19,21). The highest BCUT2D eigenvalue weighted by molar-refractivity contribution is 7.89. The van der Waals surface area contributed by atoms with E-state index in [1.807, 2.05) is 27.7 Å². The van der Waals surface area contributed by atoms with E-state index in [1.165, 1.54) is 0 Å². The van der Waals surface area contributed by atoms with Gasteiger partial charge in [-0.05, 0) is 56.9 Å². The van der Waals surface area contributed by atoms with Gasteiger partial charge in [0.25, 0.3) is 0 Å². The van der Waals surface area contributed by atoms with Gasteiger partial charge in [-0.3, -0.25) is 4.79 Å². The van der Waals surface area contributed by atoms with E-state index in [0.717, 1.165) is 19.3 Å². The van der Waals surface area contributed by atoms with Crippen molar-refractivity contribution in [3.05, 3.63) is 24.3 Å². The largest absolute Gasteiger partial charge is 0.326 e. The first-order chi connectivity index (χ1) is 11.2. The molecule has 5 nitrogen and oxygen atoms in total. The molecule has 1 aliphatic rings. The van der Waals surface area contributed by atoms with Crippen molar-refractivity contribution in [3.8, 4) is 0 Å². The van der Waals surface area contributed by atoms with E-state index in [-0.39, 0.29) is 28.8 Å². The second-order valence-electron chi connectivity index (χ2n) is 7.13. The lowest BCUT2D eigenvalue weighted by atomic mass is 10.0. The van der Waals surface area contributed by atoms with Gasteiger partial charge in [0.2, 0.25) is 15.9 Å². The van der Waals surface area contributed by atoms with Gasteiger partial charge in [0.15, 0.2) is 0 Å². The number of hydrogen-bond donors (Lipinski definition) is 1. The molecule has 1 heterocycles. The molecule has 2 atom stereocenters. The van der Waals surface area contributed by atoms with Gasteiger partial charge in [-0.15, -0.1) is 0 Å². The monoisotopic (exact) mass is 352 g/mol. The van der Waals surface area contributed by atoms with E-state index >= 15 is 0 Å². The first kappa shape index (κ1) is 18.9. The molecule has 1 N–H and O–H groups in total. The summed E-state index contributed by atoms with van der Waals surface area (Å²) in [5, 5.41) is 2.80. The Hall–Kier alpha value is -1.40. The second kappa shape index (κ2) is 7.66. The molecule has 0 spiro atoms. The summed E-state index contributed by atoms with van der Waals surface area (Å²) in [5.74, 6) is 0.227. The Morgan fingerprint density at radius 3 is 2.21 bits per heavy atom. The number of amides is 1. The van der Waals surface area contributed by atoms with Gasteiger partial charge in [0, 0.05) is 24.2 Å². The molecule has 1 saturated heterocycles. The maximum atomic E-state index is 12.9. The van der Waals surface area contributed by atoms with E-state index in [1.54, 1.807) is 28.6 Å². The average Bonchev–Trinajstić information content (AvgIpc) is 2.46. The first-order valence-electron chi connectivity index (χ1n) is 8.65. The predicted molar refractivity (Wildman–Crippen MR) is 96.3 cm³/mol. The molecule has 1 aromatic carbocycles. The second-order valence-corrected chi connectivity index (χ2v) is 8.98. The van der Waals surface area contributed by atoms with Crippen molar-refractivity contribution >= 4 is 21.6 Å². The lowest BCUT2D eigenvalue weighted by molar-refractivity contribution is -0.116. The van der Waals surface area contributed by atoms with Crippen LogP contribution in [0.15, 0.2) is 29.2 Å². The van der Waals surface area contributed by atoms with Crippen LogP contribution in [0.1, 0.15) is 53.4 Å². The number of carbonyl (C=O) groups excluding carboxylic acids is 1. The number of piperidine rings is 1. The number of anilines is 1. The Balaban J connectivity index is 2.15. The molecule has 1 fully saturated rings. The van der Waals surface area contributed by atoms with E-state index in [0.29, 0.717) is 12.1 Å². The molecule has 0 bridgehead atoms. The van der Waals surface area contributed by atoms with Crippen LogP contribution in [-0.2, 0) is 14.8 Å². The third kappa shape index (κ3) is 4.36. The van der Waals surface area contributed by atoms with Crippen LogP contribution in [0.2, 0.25) is 0 Å². The quantitative estimate of drug-likeness (QED) is 0.880. The third-order valence-electron chi connectivity index (χ3n) is 4.42. The third-order valence-corrected chi connectivity index (χ3v) is 6.56. The molecule has 1 aliphatic heterocycles. The van der Waals surface area contributed by atoms with Crippen molar-refractivity contribution in [1.82, 2.24) is 4.31 Å². The summed E-state index contributed by atoms with van der Waals surface area (Å²) in [4.78, 5) is 12.1. The van der Waals surface area contributed by atoms with Crippen LogP contribution in [0.25, 0.3) is 0 Å². The molecule has 0 saturated carbocycles. The highest BCUT2D eigenvalue weighted by Crippen LogP contribution is 2.29. The van der Waals surface area contributed by atoms with Crippen LogP contribution < -0.4 is 5.32 Å². The minimum absolute atomic E-state index is 0.0178. The molecule has 0 aliphatic carbocycles. The predicted octanol–water partition coefficient (Wildman–Crippen LogP) is 3.62. The van der Waals surface area contributed by atoms with Crippen molar-refractivity contribution in [2.45, 2.75) is 70.4 Å². The van der Waals surface area contributed by atoms with Crippen molar-refractivity contribution in [3.63, 3.8) is 0 Å². The SMILES string of the molecule is CC(C)CC(=O)Nc1ccc(S(=O)(=O)N2C(C)CCCC2C)cc1. The highest BCUT2D eigenvalue weighted by atomic mass is 32.2. The van der Waals surface area contributed by atoms with Gasteiger partial charge in [-0.1, -0.05) is 20.3 Å². The Labute approximate surface area is 145 Å². The molecular weight excluding hydrogens is 324 g/mol. The normalized spacial score (nSPS) is 22.5. The van der Waals surface area contributed by atoms with E-state index in [2.05, 4.69) is 5.32 Å². The maximum absolute atomic E-state index is 12.9. The van der Waals surface area contributed by atoms with E-state index in [9.17, 15) is 13.2 Å². The summed E-state index contributed by atoms with van der Waals surface area (Å²) in [6.07, 6.45) is 3.30. The van der Waals surface area contributed by atoms with Crippen LogP contribution in [-0.4, -0.2) is 30.7 Å². The van der Waals surface area contributed by atoms with Gasteiger partial charge in [-0.25, -0.2) is 8.42 Å². The van der Waals surface area contributed by atoms with Gasteiger partial charge in [-0.2, -0.15) is 4.31 Å². The molecule has 1 aromatic rings. The van der Waals surface area contributed by atoms with Crippen molar-refractivity contribution in [2.24, 2.45) is 5.92 Å².